The number of nitrogens with zero attached hydrogens (tertiary/aromatic N) is 3. The molecule has 32 heavy (non-hydrogen) atoms. The largest absolute Gasteiger partial charge is 0.493 e. The van der Waals surface area contributed by atoms with Gasteiger partial charge < -0.3 is 19.9 Å². The summed E-state index contributed by atoms with van der Waals surface area (Å²) in [6.07, 6.45) is 1.95. The fraction of sp³-hybridized carbons (Fsp3) is 0.591. The van der Waals surface area contributed by atoms with E-state index in [0.29, 0.717) is 25.4 Å². The van der Waals surface area contributed by atoms with Crippen LogP contribution in [0.3, 0.4) is 0 Å². The van der Waals surface area contributed by atoms with Crippen LogP contribution in [0.25, 0.3) is 11.4 Å². The summed E-state index contributed by atoms with van der Waals surface area (Å²) in [6.45, 7) is 3.50. The SMILES string of the molecule is CCCCCCCOc1ccc(-c2noc([C@@H]3CCCN(C(=N)N)C3)n2)cc1C(F)(F)F. The topological polar surface area (TPSA) is 101 Å². The Morgan fingerprint density at radius 3 is 2.78 bits per heavy atom. The Morgan fingerprint density at radius 2 is 2.06 bits per heavy atom. The van der Waals surface area contributed by atoms with Crippen LogP contribution < -0.4 is 10.5 Å². The van der Waals surface area contributed by atoms with Crippen molar-refractivity contribution in [3.8, 4) is 17.1 Å². The van der Waals surface area contributed by atoms with Gasteiger partial charge in [0, 0.05) is 18.7 Å². The van der Waals surface area contributed by atoms with E-state index in [0.717, 1.165) is 44.6 Å². The van der Waals surface area contributed by atoms with E-state index in [-0.39, 0.29) is 35.6 Å². The molecular weight excluding hydrogens is 423 g/mol. The maximum absolute atomic E-state index is 13.7. The molecule has 1 aliphatic heterocycles. The number of nitrogens with one attached hydrogen (secondary N) is 1. The van der Waals surface area contributed by atoms with Gasteiger partial charge in [0.05, 0.1) is 18.1 Å². The first-order valence-corrected chi connectivity index (χ1v) is 11.1. The van der Waals surface area contributed by atoms with Crippen molar-refractivity contribution in [3.63, 3.8) is 0 Å². The number of aromatic nitrogens is 2. The molecule has 0 amide bonds. The number of halogens is 3. The average molecular weight is 454 g/mol. The molecule has 3 N–H and O–H groups in total. The summed E-state index contributed by atoms with van der Waals surface area (Å²) in [5, 5.41) is 11.5. The molecule has 1 fully saturated rings. The number of rotatable bonds is 9. The lowest BCUT2D eigenvalue weighted by molar-refractivity contribution is -0.138. The number of piperidine rings is 1. The smallest absolute Gasteiger partial charge is 0.419 e. The van der Waals surface area contributed by atoms with Crippen LogP contribution in [0.15, 0.2) is 22.7 Å². The molecule has 1 aliphatic rings. The molecule has 3 rings (SSSR count). The quantitative estimate of drug-likeness (QED) is 0.308. The third-order valence-corrected chi connectivity index (χ3v) is 5.60. The zero-order valence-corrected chi connectivity index (χ0v) is 18.2. The molecule has 0 bridgehead atoms. The summed E-state index contributed by atoms with van der Waals surface area (Å²) >= 11 is 0. The maximum atomic E-state index is 13.7. The Balaban J connectivity index is 1.72. The predicted octanol–water partition coefficient (Wildman–Crippen LogP) is 5.18. The first-order valence-electron chi connectivity index (χ1n) is 11.1. The number of benzene rings is 1. The van der Waals surface area contributed by atoms with Crippen LogP contribution in [0.2, 0.25) is 0 Å². The van der Waals surface area contributed by atoms with Gasteiger partial charge in [-0.2, -0.15) is 18.2 Å². The van der Waals surface area contributed by atoms with Gasteiger partial charge in [0.15, 0.2) is 5.96 Å². The lowest BCUT2D eigenvalue weighted by Gasteiger charge is -2.30. The van der Waals surface area contributed by atoms with Crippen molar-refractivity contribution in [2.75, 3.05) is 19.7 Å². The monoisotopic (exact) mass is 453 g/mol. The third-order valence-electron chi connectivity index (χ3n) is 5.60. The Labute approximate surface area is 185 Å². The molecule has 1 aromatic heterocycles. The number of unbranched alkanes of at least 4 members (excludes halogenated alkanes) is 4. The minimum absolute atomic E-state index is 0.0230. The molecule has 1 atom stereocenters. The van der Waals surface area contributed by atoms with Gasteiger partial charge in [-0.25, -0.2) is 0 Å². The van der Waals surface area contributed by atoms with Gasteiger partial charge in [0.2, 0.25) is 11.7 Å². The van der Waals surface area contributed by atoms with E-state index in [9.17, 15) is 13.2 Å². The van der Waals surface area contributed by atoms with Crippen LogP contribution in [0.5, 0.6) is 5.75 Å². The van der Waals surface area contributed by atoms with Gasteiger partial charge in [-0.3, -0.25) is 5.41 Å². The average Bonchev–Trinajstić information content (AvgIpc) is 3.26. The van der Waals surface area contributed by atoms with Crippen molar-refractivity contribution in [2.24, 2.45) is 5.73 Å². The van der Waals surface area contributed by atoms with E-state index >= 15 is 0 Å². The number of hydrogen-bond acceptors (Lipinski definition) is 5. The molecule has 1 aromatic carbocycles. The standard InChI is InChI=1S/C22H30F3N5O2/c1-2-3-4-5-6-12-31-18-10-9-15(13-17(18)22(23,24)25)19-28-20(32-29-19)16-8-7-11-30(14-16)21(26)27/h9-10,13,16H,2-8,11-12,14H2,1H3,(H3,26,27)/t16-/m1/s1. The number of nitrogens with two attached hydrogens (primary N) is 1. The first kappa shape index (κ1) is 23.9. The highest BCUT2D eigenvalue weighted by Crippen LogP contribution is 2.39. The van der Waals surface area contributed by atoms with Crippen LogP contribution in [0.4, 0.5) is 13.2 Å². The fourth-order valence-corrected chi connectivity index (χ4v) is 3.82. The lowest BCUT2D eigenvalue weighted by atomic mass is 9.98. The van der Waals surface area contributed by atoms with E-state index in [4.69, 9.17) is 20.4 Å². The second-order valence-electron chi connectivity index (χ2n) is 8.10. The van der Waals surface area contributed by atoms with E-state index < -0.39 is 11.7 Å². The predicted molar refractivity (Wildman–Crippen MR) is 114 cm³/mol. The van der Waals surface area contributed by atoms with Crippen molar-refractivity contribution in [2.45, 2.75) is 64.0 Å². The maximum Gasteiger partial charge on any atom is 0.419 e. The molecule has 0 saturated carbocycles. The van der Waals surface area contributed by atoms with Crippen molar-refractivity contribution in [3.05, 3.63) is 29.7 Å². The van der Waals surface area contributed by atoms with Gasteiger partial charge in [-0.15, -0.1) is 0 Å². The molecule has 0 spiro atoms. The van der Waals surface area contributed by atoms with Crippen molar-refractivity contribution < 1.29 is 22.4 Å². The second-order valence-corrected chi connectivity index (χ2v) is 8.10. The van der Waals surface area contributed by atoms with Gasteiger partial charge in [0.25, 0.3) is 0 Å². The minimum atomic E-state index is -4.56. The Kier molecular flexibility index (Phi) is 7.98. The van der Waals surface area contributed by atoms with Crippen LogP contribution in [0.1, 0.15) is 69.2 Å². The Bertz CT molecular complexity index is 900. The Morgan fingerprint density at radius 1 is 1.28 bits per heavy atom. The molecule has 0 aliphatic carbocycles. The van der Waals surface area contributed by atoms with Crippen molar-refractivity contribution >= 4 is 5.96 Å². The van der Waals surface area contributed by atoms with Gasteiger partial charge in [0.1, 0.15) is 5.75 Å². The minimum Gasteiger partial charge on any atom is -0.493 e. The molecular formula is C22H30F3N5O2. The number of alkyl halides is 3. The normalized spacial score (nSPS) is 16.9. The number of likely N-dealkylation sites (tertiary alicyclic amines) is 1. The molecule has 1 saturated heterocycles. The van der Waals surface area contributed by atoms with Crippen LogP contribution in [0, 0.1) is 5.41 Å². The number of hydrogen-bond donors (Lipinski definition) is 2. The van der Waals surface area contributed by atoms with Crippen LogP contribution >= 0.6 is 0 Å². The summed E-state index contributed by atoms with van der Waals surface area (Å²) in [6, 6.07) is 3.83. The van der Waals surface area contributed by atoms with Gasteiger partial charge >= 0.3 is 6.18 Å². The highest BCUT2D eigenvalue weighted by atomic mass is 19.4. The summed E-state index contributed by atoms with van der Waals surface area (Å²) in [5.74, 6) is 0.102. The first-order chi connectivity index (χ1) is 15.3. The summed E-state index contributed by atoms with van der Waals surface area (Å²) < 4.78 is 51.7. The summed E-state index contributed by atoms with van der Waals surface area (Å²) in [7, 11) is 0. The molecule has 2 aromatic rings. The zero-order valence-electron chi connectivity index (χ0n) is 18.2. The molecule has 2 heterocycles. The molecule has 0 radical (unpaired) electrons. The molecule has 176 valence electrons. The summed E-state index contributed by atoms with van der Waals surface area (Å²) in [5.41, 5.74) is 4.92. The van der Waals surface area contributed by atoms with E-state index in [1.165, 1.54) is 12.1 Å². The highest BCUT2D eigenvalue weighted by molar-refractivity contribution is 5.74. The van der Waals surface area contributed by atoms with Crippen LogP contribution in [-0.2, 0) is 6.18 Å². The van der Waals surface area contributed by atoms with E-state index in [1.54, 1.807) is 4.90 Å². The number of guanidine groups is 1. The van der Waals surface area contributed by atoms with Crippen molar-refractivity contribution in [1.82, 2.24) is 15.0 Å². The van der Waals surface area contributed by atoms with Gasteiger partial charge in [-0.1, -0.05) is 37.8 Å². The van der Waals surface area contributed by atoms with Crippen molar-refractivity contribution in [1.29, 1.82) is 5.41 Å². The zero-order chi connectivity index (χ0) is 23.1. The summed E-state index contributed by atoms with van der Waals surface area (Å²) in [4.78, 5) is 6.05. The fourth-order valence-electron chi connectivity index (χ4n) is 3.82. The number of ether oxygens (including phenoxy) is 1. The van der Waals surface area contributed by atoms with E-state index in [1.807, 2.05) is 0 Å². The molecule has 0 unspecified atom stereocenters. The third kappa shape index (κ3) is 6.14. The second kappa shape index (κ2) is 10.7. The Hall–Kier alpha value is -2.78. The highest BCUT2D eigenvalue weighted by Gasteiger charge is 2.35. The van der Waals surface area contributed by atoms with Crippen LogP contribution in [-0.4, -0.2) is 40.7 Å². The van der Waals surface area contributed by atoms with Gasteiger partial charge in [-0.05, 0) is 37.5 Å². The lowest BCUT2D eigenvalue weighted by Crippen LogP contribution is -2.42. The molecule has 10 heteroatoms. The van der Waals surface area contributed by atoms with E-state index in [2.05, 4.69) is 17.1 Å². The molecule has 7 nitrogen and oxygen atoms in total.